The highest BCUT2D eigenvalue weighted by molar-refractivity contribution is 7.82. The summed E-state index contributed by atoms with van der Waals surface area (Å²) in [5.41, 5.74) is 7.54. The topological polar surface area (TPSA) is 108 Å². The third kappa shape index (κ3) is 5.59. The molecule has 2 amide bonds. The quantitative estimate of drug-likeness (QED) is 0.486. The van der Waals surface area contributed by atoms with Gasteiger partial charge < -0.3 is 21.3 Å². The van der Waals surface area contributed by atoms with Crippen molar-refractivity contribution < 1.29 is 13.8 Å². The molecule has 5 rings (SSSR count). The minimum Gasteiger partial charge on any atom is -0.349 e. The summed E-state index contributed by atoms with van der Waals surface area (Å²) in [5.74, 6) is 0.997. The van der Waals surface area contributed by atoms with Crippen LogP contribution in [-0.4, -0.2) is 75.3 Å². The largest absolute Gasteiger partial charge is 0.349 e. The first kappa shape index (κ1) is 25.1. The van der Waals surface area contributed by atoms with Crippen molar-refractivity contribution in [1.29, 1.82) is 0 Å². The van der Waals surface area contributed by atoms with Crippen molar-refractivity contribution in [2.45, 2.75) is 69.5 Å². The fraction of sp³-hybridized carbons (Fsp3) is 0.680. The number of rotatable bonds is 8. The Bertz CT molecular complexity index is 986. The van der Waals surface area contributed by atoms with Gasteiger partial charge in [0.05, 0.1) is 28.0 Å². The molecular formula is C25H36ClN5O3S. The molecule has 1 aromatic carbocycles. The Morgan fingerprint density at radius 2 is 1.89 bits per heavy atom. The van der Waals surface area contributed by atoms with E-state index in [0.717, 1.165) is 82.4 Å². The number of hydrogen-bond donors (Lipinski definition) is 3. The van der Waals surface area contributed by atoms with Gasteiger partial charge in [0.2, 0.25) is 5.91 Å². The van der Waals surface area contributed by atoms with Gasteiger partial charge in [-0.3, -0.25) is 9.59 Å². The van der Waals surface area contributed by atoms with Crippen LogP contribution in [0.3, 0.4) is 0 Å². The molecule has 4 heterocycles. The molecule has 35 heavy (non-hydrogen) atoms. The number of halogens is 1. The van der Waals surface area contributed by atoms with E-state index in [1.54, 1.807) is 12.1 Å². The molecule has 8 nitrogen and oxygen atoms in total. The molecule has 4 atom stereocenters. The maximum absolute atomic E-state index is 13.4. The van der Waals surface area contributed by atoms with Gasteiger partial charge in [-0.25, -0.2) is 8.51 Å². The maximum atomic E-state index is 13.4. The Kier molecular flexibility index (Phi) is 7.79. The predicted molar refractivity (Wildman–Crippen MR) is 139 cm³/mol. The van der Waals surface area contributed by atoms with Gasteiger partial charge in [0, 0.05) is 29.6 Å². The second-order valence-electron chi connectivity index (χ2n) is 10.5. The highest BCUT2D eigenvalue weighted by atomic mass is 35.5. The first-order valence-electron chi connectivity index (χ1n) is 12.9. The standard InChI is InChI=1S/C25H36ClN5O3S/c26-22-14-23-17(11-24(32)29-23)10-21(22)25(33)28-18-12-19-2-3-20(13-18)31(19)35(34)15-16-4-8-30(9-5-16)7-1-6-27/h10,14,16,18-20H,1-9,11-13,15,27H2,(H,28,33)(H,29,32)/t18?,19-,20?,35?/m1/s1. The third-order valence-electron chi connectivity index (χ3n) is 8.06. The van der Waals surface area contributed by atoms with Crippen molar-refractivity contribution in [2.75, 3.05) is 37.2 Å². The smallest absolute Gasteiger partial charge is 0.253 e. The number of amides is 2. The van der Waals surface area contributed by atoms with Crippen LogP contribution in [0, 0.1) is 5.92 Å². The van der Waals surface area contributed by atoms with Crippen molar-refractivity contribution in [1.82, 2.24) is 14.5 Å². The number of benzene rings is 1. The number of nitrogens with one attached hydrogen (secondary N) is 2. The monoisotopic (exact) mass is 521 g/mol. The fourth-order valence-electron chi connectivity index (χ4n) is 6.25. The van der Waals surface area contributed by atoms with Crippen molar-refractivity contribution in [3.05, 3.63) is 28.3 Å². The number of nitrogens with two attached hydrogens (primary N) is 1. The van der Waals surface area contributed by atoms with Crippen LogP contribution in [0.1, 0.15) is 60.9 Å². The van der Waals surface area contributed by atoms with Crippen molar-refractivity contribution >= 4 is 40.1 Å². The number of fused-ring (bicyclic) bond motifs is 3. The maximum Gasteiger partial charge on any atom is 0.253 e. The summed E-state index contributed by atoms with van der Waals surface area (Å²) in [6, 6.07) is 3.94. The third-order valence-corrected chi connectivity index (χ3v) is 10.2. The molecule has 4 aliphatic rings. The van der Waals surface area contributed by atoms with Crippen molar-refractivity contribution in [3.8, 4) is 0 Å². The summed E-state index contributed by atoms with van der Waals surface area (Å²) in [5, 5.41) is 6.28. The molecule has 0 aromatic heterocycles. The van der Waals surface area contributed by atoms with E-state index >= 15 is 0 Å². The van der Waals surface area contributed by atoms with Gasteiger partial charge in [-0.2, -0.15) is 0 Å². The molecular weight excluding hydrogens is 486 g/mol. The molecule has 2 bridgehead atoms. The Morgan fingerprint density at radius 3 is 2.57 bits per heavy atom. The van der Waals surface area contributed by atoms with Crippen molar-refractivity contribution in [3.63, 3.8) is 0 Å². The zero-order valence-corrected chi connectivity index (χ0v) is 21.7. The number of hydrogen-bond acceptors (Lipinski definition) is 5. The summed E-state index contributed by atoms with van der Waals surface area (Å²) >= 11 is 6.36. The molecule has 3 saturated heterocycles. The van der Waals surface area contributed by atoms with Crippen LogP contribution in [0.2, 0.25) is 5.02 Å². The minimum atomic E-state index is -0.967. The molecule has 0 spiro atoms. The van der Waals surface area contributed by atoms with Gasteiger partial charge in [0.15, 0.2) is 0 Å². The molecule has 1 aromatic rings. The minimum absolute atomic E-state index is 0.0445. The Morgan fingerprint density at radius 1 is 1.17 bits per heavy atom. The second-order valence-corrected chi connectivity index (χ2v) is 12.3. The van der Waals surface area contributed by atoms with Crippen LogP contribution in [-0.2, 0) is 22.2 Å². The normalized spacial score (nSPS) is 28.1. The van der Waals surface area contributed by atoms with E-state index in [-0.39, 0.29) is 36.4 Å². The summed E-state index contributed by atoms with van der Waals surface area (Å²) in [4.78, 5) is 27.2. The predicted octanol–water partition coefficient (Wildman–Crippen LogP) is 2.28. The number of carbonyl (C=O) groups is 2. The lowest BCUT2D eigenvalue weighted by Gasteiger charge is -2.39. The summed E-state index contributed by atoms with van der Waals surface area (Å²) in [7, 11) is -0.967. The molecule has 0 radical (unpaired) electrons. The average Bonchev–Trinajstić information content (AvgIpc) is 3.33. The first-order chi connectivity index (χ1) is 16.9. The molecule has 3 unspecified atom stereocenters. The molecule has 3 fully saturated rings. The van der Waals surface area contributed by atoms with E-state index in [9.17, 15) is 13.8 Å². The Balaban J connectivity index is 1.14. The molecule has 4 aliphatic heterocycles. The Hall–Kier alpha value is -1.52. The van der Waals surface area contributed by atoms with E-state index in [2.05, 4.69) is 19.8 Å². The average molecular weight is 522 g/mol. The Labute approximate surface area is 214 Å². The SMILES string of the molecule is NCCCN1CCC(CS(=O)N2C3CC[C@@H]2CC(NC(=O)c2cc4c(cc2Cl)NC(=O)C4)C3)CC1. The zero-order valence-electron chi connectivity index (χ0n) is 20.1. The zero-order chi connectivity index (χ0) is 24.5. The highest BCUT2D eigenvalue weighted by Gasteiger charge is 2.44. The lowest BCUT2D eigenvalue weighted by Crippen LogP contribution is -2.51. The second kappa shape index (κ2) is 10.8. The van der Waals surface area contributed by atoms with Crippen LogP contribution in [0.25, 0.3) is 0 Å². The first-order valence-corrected chi connectivity index (χ1v) is 14.6. The van der Waals surface area contributed by atoms with Crippen LogP contribution >= 0.6 is 11.6 Å². The van der Waals surface area contributed by atoms with Gasteiger partial charge in [-0.1, -0.05) is 11.6 Å². The van der Waals surface area contributed by atoms with Gasteiger partial charge in [0.1, 0.15) is 0 Å². The van der Waals surface area contributed by atoms with Crippen molar-refractivity contribution in [2.24, 2.45) is 11.7 Å². The highest BCUT2D eigenvalue weighted by Crippen LogP contribution is 2.38. The lowest BCUT2D eigenvalue weighted by molar-refractivity contribution is -0.115. The van der Waals surface area contributed by atoms with Gasteiger partial charge in [0.25, 0.3) is 5.91 Å². The summed E-state index contributed by atoms with van der Waals surface area (Å²) < 4.78 is 15.6. The van der Waals surface area contributed by atoms with Crippen LogP contribution in [0.15, 0.2) is 12.1 Å². The van der Waals surface area contributed by atoms with Gasteiger partial charge >= 0.3 is 0 Å². The summed E-state index contributed by atoms with van der Waals surface area (Å²) in [6.07, 6.45) is 7.24. The molecule has 192 valence electrons. The van der Waals surface area contributed by atoms with E-state index in [4.69, 9.17) is 17.3 Å². The van der Waals surface area contributed by atoms with E-state index < -0.39 is 11.0 Å². The molecule has 0 saturated carbocycles. The molecule has 0 aliphatic carbocycles. The summed E-state index contributed by atoms with van der Waals surface area (Å²) in [6.45, 7) is 3.97. The van der Waals surface area contributed by atoms with Crippen LogP contribution in [0.4, 0.5) is 5.69 Å². The molecule has 4 N–H and O–H groups in total. The van der Waals surface area contributed by atoms with Gasteiger partial charge in [-0.05, 0) is 94.7 Å². The number of likely N-dealkylation sites (tertiary alicyclic amines) is 1. The number of anilines is 1. The lowest BCUT2D eigenvalue weighted by atomic mass is 9.99. The van der Waals surface area contributed by atoms with Crippen LogP contribution < -0.4 is 16.4 Å². The number of piperidine rings is 2. The van der Waals surface area contributed by atoms with Crippen LogP contribution in [0.5, 0.6) is 0 Å². The molecule has 10 heteroatoms. The number of carbonyl (C=O) groups excluding carboxylic acids is 2. The number of nitrogens with zero attached hydrogens (tertiary/aromatic N) is 2. The van der Waals surface area contributed by atoms with E-state index in [1.807, 2.05) is 0 Å². The van der Waals surface area contributed by atoms with E-state index in [1.165, 1.54) is 0 Å². The fourth-order valence-corrected chi connectivity index (χ4v) is 8.46. The van der Waals surface area contributed by atoms with Gasteiger partial charge in [-0.15, -0.1) is 0 Å². The van der Waals surface area contributed by atoms with E-state index in [0.29, 0.717) is 22.2 Å².